The Morgan fingerprint density at radius 3 is 2.47 bits per heavy atom. The van der Waals surface area contributed by atoms with E-state index in [1.807, 2.05) is 0 Å². The Morgan fingerprint density at radius 2 is 2.06 bits per heavy atom. The van der Waals surface area contributed by atoms with E-state index in [4.69, 9.17) is 0 Å². The Hall–Kier alpha value is -1.46. The van der Waals surface area contributed by atoms with Crippen LogP contribution in [0.5, 0.6) is 5.75 Å². The number of aromatic nitrogens is 1. The molecule has 1 aliphatic rings. The van der Waals surface area contributed by atoms with Gasteiger partial charge in [-0.25, -0.2) is 4.98 Å². The van der Waals surface area contributed by atoms with E-state index in [9.17, 15) is 13.2 Å². The van der Waals surface area contributed by atoms with Gasteiger partial charge in [-0.1, -0.05) is 13.8 Å². The van der Waals surface area contributed by atoms with Gasteiger partial charge in [-0.2, -0.15) is 0 Å². The third kappa shape index (κ3) is 3.25. The van der Waals surface area contributed by atoms with E-state index in [1.54, 1.807) is 0 Å². The van der Waals surface area contributed by atoms with Gasteiger partial charge in [0.15, 0.2) is 0 Å². The van der Waals surface area contributed by atoms with E-state index < -0.39 is 6.36 Å². The molecule has 1 N–H and O–H groups in total. The van der Waals surface area contributed by atoms with Gasteiger partial charge >= 0.3 is 6.36 Å². The molecule has 1 aromatic heterocycles. The minimum Gasteiger partial charge on any atom is -0.404 e. The van der Waals surface area contributed by atoms with Crippen molar-refractivity contribution in [2.75, 3.05) is 5.32 Å². The van der Waals surface area contributed by atoms with Gasteiger partial charge in [0, 0.05) is 6.04 Å². The lowest BCUT2D eigenvalue weighted by Gasteiger charge is -2.10. The molecule has 94 valence electrons. The fourth-order valence-electron chi connectivity index (χ4n) is 1.55. The van der Waals surface area contributed by atoms with Crippen molar-refractivity contribution in [1.82, 2.24) is 4.98 Å². The standard InChI is InChI=1S/C11H13F3N2O/c1-10(2)5-8(10)16-9-4-3-7(6-15-9)17-11(12,13)14/h3-4,6,8H,5H2,1-2H3,(H,15,16). The van der Waals surface area contributed by atoms with E-state index in [2.05, 4.69) is 28.9 Å². The molecule has 0 saturated heterocycles. The number of anilines is 1. The van der Waals surface area contributed by atoms with Crippen molar-refractivity contribution in [3.63, 3.8) is 0 Å². The molecule has 0 aromatic carbocycles. The molecule has 1 aromatic rings. The summed E-state index contributed by atoms with van der Waals surface area (Å²) in [6.45, 7) is 4.23. The largest absolute Gasteiger partial charge is 0.573 e. The summed E-state index contributed by atoms with van der Waals surface area (Å²) in [7, 11) is 0. The second-order valence-electron chi connectivity index (χ2n) is 4.82. The summed E-state index contributed by atoms with van der Waals surface area (Å²) in [5.74, 6) is 0.258. The average Bonchev–Trinajstić information content (AvgIpc) is 2.75. The molecule has 0 aliphatic heterocycles. The number of alkyl halides is 3. The molecule has 1 saturated carbocycles. The number of pyridine rings is 1. The maximum Gasteiger partial charge on any atom is 0.573 e. The summed E-state index contributed by atoms with van der Waals surface area (Å²) < 4.78 is 39.4. The maximum absolute atomic E-state index is 11.9. The van der Waals surface area contributed by atoms with E-state index in [-0.39, 0.29) is 11.2 Å². The van der Waals surface area contributed by atoms with Crippen LogP contribution in [0.2, 0.25) is 0 Å². The topological polar surface area (TPSA) is 34.1 Å². The van der Waals surface area contributed by atoms with Gasteiger partial charge in [-0.05, 0) is 24.0 Å². The summed E-state index contributed by atoms with van der Waals surface area (Å²) in [4.78, 5) is 3.87. The van der Waals surface area contributed by atoms with Gasteiger partial charge in [0.05, 0.1) is 6.20 Å². The van der Waals surface area contributed by atoms with Crippen LogP contribution in [-0.4, -0.2) is 17.4 Å². The lowest BCUT2D eigenvalue weighted by molar-refractivity contribution is -0.274. The second-order valence-corrected chi connectivity index (χ2v) is 4.82. The molecule has 1 heterocycles. The van der Waals surface area contributed by atoms with E-state index in [0.29, 0.717) is 11.9 Å². The Bertz CT molecular complexity index is 400. The Balaban J connectivity index is 1.94. The Labute approximate surface area is 97.0 Å². The molecular weight excluding hydrogens is 233 g/mol. The van der Waals surface area contributed by atoms with Gasteiger partial charge in [-0.3, -0.25) is 0 Å². The highest BCUT2D eigenvalue weighted by atomic mass is 19.4. The van der Waals surface area contributed by atoms with Gasteiger partial charge in [0.25, 0.3) is 0 Å². The predicted molar refractivity (Wildman–Crippen MR) is 56.7 cm³/mol. The summed E-state index contributed by atoms with van der Waals surface area (Å²) in [6, 6.07) is 3.07. The van der Waals surface area contributed by atoms with Crippen molar-refractivity contribution >= 4 is 5.82 Å². The van der Waals surface area contributed by atoms with Crippen LogP contribution >= 0.6 is 0 Å². The lowest BCUT2D eigenvalue weighted by Crippen LogP contribution is -2.17. The van der Waals surface area contributed by atoms with E-state index in [1.165, 1.54) is 12.1 Å². The summed E-state index contributed by atoms with van der Waals surface area (Å²) in [6.07, 6.45) is -2.57. The smallest absolute Gasteiger partial charge is 0.404 e. The van der Waals surface area contributed by atoms with Crippen molar-refractivity contribution < 1.29 is 17.9 Å². The number of halogens is 3. The van der Waals surface area contributed by atoms with Crippen molar-refractivity contribution in [3.05, 3.63) is 18.3 Å². The number of hydrogen-bond donors (Lipinski definition) is 1. The molecule has 0 amide bonds. The fourth-order valence-corrected chi connectivity index (χ4v) is 1.55. The van der Waals surface area contributed by atoms with Crippen LogP contribution in [0, 0.1) is 5.41 Å². The highest BCUT2D eigenvalue weighted by Gasteiger charge is 2.45. The van der Waals surface area contributed by atoms with Crippen molar-refractivity contribution in [2.45, 2.75) is 32.7 Å². The molecule has 1 fully saturated rings. The molecule has 17 heavy (non-hydrogen) atoms. The predicted octanol–water partition coefficient (Wildman–Crippen LogP) is 3.19. The molecule has 0 bridgehead atoms. The van der Waals surface area contributed by atoms with Crippen molar-refractivity contribution in [3.8, 4) is 5.75 Å². The highest BCUT2D eigenvalue weighted by Crippen LogP contribution is 2.46. The summed E-state index contributed by atoms with van der Waals surface area (Å²) in [5, 5.41) is 3.15. The molecule has 0 radical (unpaired) electrons. The molecule has 3 nitrogen and oxygen atoms in total. The molecule has 2 rings (SSSR count). The molecule has 1 atom stereocenters. The average molecular weight is 246 g/mol. The van der Waals surface area contributed by atoms with E-state index >= 15 is 0 Å². The summed E-state index contributed by atoms with van der Waals surface area (Å²) >= 11 is 0. The van der Waals surface area contributed by atoms with Gasteiger partial charge in [0.1, 0.15) is 11.6 Å². The first kappa shape index (κ1) is 12.0. The number of nitrogens with one attached hydrogen (secondary N) is 1. The molecule has 1 unspecified atom stereocenters. The molecule has 6 heteroatoms. The quantitative estimate of drug-likeness (QED) is 0.889. The van der Waals surface area contributed by atoms with Crippen LogP contribution in [0.3, 0.4) is 0 Å². The van der Waals surface area contributed by atoms with Gasteiger partial charge < -0.3 is 10.1 Å². The van der Waals surface area contributed by atoms with Crippen LogP contribution in [-0.2, 0) is 0 Å². The zero-order chi connectivity index (χ0) is 12.7. The van der Waals surface area contributed by atoms with Crippen molar-refractivity contribution in [2.24, 2.45) is 5.41 Å². The zero-order valence-corrected chi connectivity index (χ0v) is 9.51. The minimum absolute atomic E-state index is 0.239. The highest BCUT2D eigenvalue weighted by molar-refractivity contribution is 5.41. The van der Waals surface area contributed by atoms with Crippen LogP contribution in [0.4, 0.5) is 19.0 Å². The SMILES string of the molecule is CC1(C)CC1Nc1ccc(OC(F)(F)F)cn1. The molecule has 1 aliphatic carbocycles. The van der Waals surface area contributed by atoms with E-state index in [0.717, 1.165) is 12.6 Å². The monoisotopic (exact) mass is 246 g/mol. The number of hydrogen-bond acceptors (Lipinski definition) is 3. The van der Waals surface area contributed by atoms with Crippen molar-refractivity contribution in [1.29, 1.82) is 0 Å². The van der Waals surface area contributed by atoms with Gasteiger partial charge in [-0.15, -0.1) is 13.2 Å². The third-order valence-corrected chi connectivity index (χ3v) is 2.81. The Morgan fingerprint density at radius 1 is 1.41 bits per heavy atom. The third-order valence-electron chi connectivity index (χ3n) is 2.81. The molecular formula is C11H13F3N2O. The number of ether oxygens (including phenoxy) is 1. The summed E-state index contributed by atoms with van der Waals surface area (Å²) in [5.41, 5.74) is 0.239. The van der Waals surface area contributed by atoms with Gasteiger partial charge in [0.2, 0.25) is 0 Å². The zero-order valence-electron chi connectivity index (χ0n) is 9.51. The molecule has 0 spiro atoms. The minimum atomic E-state index is -4.67. The lowest BCUT2D eigenvalue weighted by atomic mass is 10.2. The fraction of sp³-hybridized carbons (Fsp3) is 0.545. The first-order chi connectivity index (χ1) is 7.76. The normalized spacial score (nSPS) is 22.1. The number of rotatable bonds is 3. The maximum atomic E-state index is 11.9. The second kappa shape index (κ2) is 3.78. The first-order valence-electron chi connectivity index (χ1n) is 5.25. The Kier molecular flexibility index (Phi) is 2.67. The van der Waals surface area contributed by atoms with Crippen LogP contribution < -0.4 is 10.1 Å². The number of nitrogens with zero attached hydrogens (tertiary/aromatic N) is 1. The van der Waals surface area contributed by atoms with Crippen LogP contribution in [0.15, 0.2) is 18.3 Å². The first-order valence-corrected chi connectivity index (χ1v) is 5.25. The van der Waals surface area contributed by atoms with Crippen LogP contribution in [0.25, 0.3) is 0 Å². The van der Waals surface area contributed by atoms with Crippen LogP contribution in [0.1, 0.15) is 20.3 Å².